The van der Waals surface area contributed by atoms with Crippen molar-refractivity contribution in [2.75, 3.05) is 19.6 Å². The normalized spacial score (nSPS) is 20.1. The van der Waals surface area contributed by atoms with Gasteiger partial charge in [0, 0.05) is 6.61 Å². The Labute approximate surface area is 128 Å². The van der Waals surface area contributed by atoms with Crippen LogP contribution in [0.2, 0.25) is 0 Å². The summed E-state index contributed by atoms with van der Waals surface area (Å²) in [5.74, 6) is 1.24. The molecule has 1 N–H and O–H groups in total. The van der Waals surface area contributed by atoms with Crippen molar-refractivity contribution in [2.45, 2.75) is 58.0 Å². The molecule has 2 atom stereocenters. The van der Waals surface area contributed by atoms with Crippen molar-refractivity contribution >= 4 is 19.5 Å². The fourth-order valence-electron chi connectivity index (χ4n) is 2.95. The van der Waals surface area contributed by atoms with Crippen LogP contribution in [0.5, 0.6) is 0 Å². The van der Waals surface area contributed by atoms with Gasteiger partial charge in [0.15, 0.2) is 6.35 Å². The Morgan fingerprint density at radius 1 is 1.33 bits per heavy atom. The zero-order chi connectivity index (χ0) is 15.7. The van der Waals surface area contributed by atoms with E-state index >= 15 is 0 Å². The molecule has 1 aliphatic carbocycles. The highest BCUT2D eigenvalue weighted by Gasteiger charge is 2.44. The molecule has 2 unspecified atom stereocenters. The first-order valence-corrected chi connectivity index (χ1v) is 9.31. The molecule has 21 heavy (non-hydrogen) atoms. The predicted molar refractivity (Wildman–Crippen MR) is 82.3 cm³/mol. The van der Waals surface area contributed by atoms with E-state index in [0.29, 0.717) is 18.9 Å². The second-order valence-electron chi connectivity index (χ2n) is 5.44. The lowest BCUT2D eigenvalue weighted by Gasteiger charge is -2.32. The summed E-state index contributed by atoms with van der Waals surface area (Å²) in [5.41, 5.74) is -1.29. The van der Waals surface area contributed by atoms with E-state index in [1.807, 2.05) is 0 Å². The maximum atomic E-state index is 12.4. The molecule has 0 aromatic carbocycles. The minimum atomic E-state index is -1.99. The summed E-state index contributed by atoms with van der Waals surface area (Å²) in [4.78, 5) is 24.2. The first kappa shape index (κ1) is 18.6. The number of hydrogen-bond acceptors (Lipinski definition) is 5. The Kier molecular flexibility index (Phi) is 8.42. The highest BCUT2D eigenvalue weighted by atomic mass is 31.1. The molecule has 0 spiro atoms. The topological polar surface area (TPSA) is 78.8 Å². The summed E-state index contributed by atoms with van der Waals surface area (Å²) in [7, 11) is -1.99. The second-order valence-corrected chi connectivity index (χ2v) is 6.81. The van der Waals surface area contributed by atoms with Gasteiger partial charge in [0.2, 0.25) is 5.60 Å². The zero-order valence-electron chi connectivity index (χ0n) is 13.0. The first-order chi connectivity index (χ1) is 10.1. The van der Waals surface area contributed by atoms with Gasteiger partial charge in [0.1, 0.15) is 5.80 Å². The van der Waals surface area contributed by atoms with Gasteiger partial charge in [0.05, 0.1) is 14.4 Å². The summed E-state index contributed by atoms with van der Waals surface area (Å²) in [6, 6.07) is 0. The van der Waals surface area contributed by atoms with Crippen molar-refractivity contribution in [1.82, 2.24) is 0 Å². The monoisotopic (exact) mass is 318 g/mol. The summed E-state index contributed by atoms with van der Waals surface area (Å²) in [6.45, 7) is 4.12. The highest BCUT2D eigenvalue weighted by molar-refractivity contribution is 7.50. The van der Waals surface area contributed by atoms with Gasteiger partial charge >= 0.3 is 5.97 Å². The lowest BCUT2D eigenvalue weighted by atomic mass is 9.81. The second kappa shape index (κ2) is 9.52. The molecule has 0 heterocycles. The first-order valence-electron chi connectivity index (χ1n) is 7.79. The van der Waals surface area contributed by atoms with Crippen LogP contribution >= 0.6 is 7.77 Å². The Bertz CT molecular complexity index is 352. The van der Waals surface area contributed by atoms with E-state index in [1.54, 1.807) is 13.8 Å². The molecule has 1 saturated carbocycles. The summed E-state index contributed by atoms with van der Waals surface area (Å²) < 4.78 is 10.8. The number of hydrogen-bond donors (Lipinski definition) is 1. The molecule has 1 aliphatic rings. The van der Waals surface area contributed by atoms with E-state index in [1.165, 1.54) is 12.2 Å². The lowest BCUT2D eigenvalue weighted by Crippen LogP contribution is -2.47. The number of aliphatic hydroxyl groups excluding tert-OH is 1. The molecule has 0 aromatic rings. The molecule has 0 amide bonds. The molecule has 0 aromatic heterocycles. The molecule has 122 valence electrons. The van der Waals surface area contributed by atoms with Crippen LogP contribution in [0.4, 0.5) is 0 Å². The van der Waals surface area contributed by atoms with E-state index in [4.69, 9.17) is 14.6 Å². The van der Waals surface area contributed by atoms with Crippen molar-refractivity contribution in [1.29, 1.82) is 0 Å². The van der Waals surface area contributed by atoms with Crippen LogP contribution in [0, 0.1) is 5.92 Å². The van der Waals surface area contributed by atoms with Gasteiger partial charge in [-0.25, -0.2) is 4.79 Å². The van der Waals surface area contributed by atoms with Crippen LogP contribution in [-0.2, 0) is 14.3 Å². The third-order valence-electron chi connectivity index (χ3n) is 3.83. The maximum absolute atomic E-state index is 12.4. The molecule has 1 fully saturated rings. The van der Waals surface area contributed by atoms with E-state index < -0.39 is 25.7 Å². The third-order valence-corrected chi connectivity index (χ3v) is 4.82. The van der Waals surface area contributed by atoms with Crippen LogP contribution in [0.25, 0.3) is 0 Å². The van der Waals surface area contributed by atoms with Gasteiger partial charge in [-0.1, -0.05) is 32.1 Å². The third kappa shape index (κ3) is 5.67. The molecule has 1 rings (SSSR count). The molecule has 0 radical (unpaired) electrons. The molecular formula is C15H27O5P. The number of esters is 1. The van der Waals surface area contributed by atoms with Crippen LogP contribution in [0.15, 0.2) is 0 Å². The van der Waals surface area contributed by atoms with Gasteiger partial charge < -0.3 is 19.5 Å². The van der Waals surface area contributed by atoms with Crippen LogP contribution < -0.4 is 4.89 Å². The van der Waals surface area contributed by atoms with Crippen LogP contribution in [0.1, 0.15) is 52.4 Å². The Morgan fingerprint density at radius 2 is 2.00 bits per heavy atom. The van der Waals surface area contributed by atoms with Gasteiger partial charge in [-0.2, -0.15) is 0 Å². The quantitative estimate of drug-likeness (QED) is 0.545. The number of carbonyl (C=O) groups is 1. The molecule has 0 bridgehead atoms. The SMILES string of the molecule is CCOC(=O)C(C=[P+]([O-])CO)(CC1CCCCC1)OCC. The van der Waals surface area contributed by atoms with Crippen LogP contribution in [0.3, 0.4) is 0 Å². The fraction of sp³-hybridized carbons (Fsp3) is 0.867. The summed E-state index contributed by atoms with van der Waals surface area (Å²) in [6.07, 6.45) is 5.65. The summed E-state index contributed by atoms with van der Waals surface area (Å²) in [5, 5.41) is 9.06. The minimum absolute atomic E-state index is 0.252. The van der Waals surface area contributed by atoms with Gasteiger partial charge in [0.25, 0.3) is 0 Å². The van der Waals surface area contributed by atoms with Gasteiger partial charge in [-0.05, 0) is 26.2 Å². The minimum Gasteiger partial charge on any atom is -0.629 e. The maximum Gasteiger partial charge on any atom is 0.346 e. The van der Waals surface area contributed by atoms with E-state index in [0.717, 1.165) is 25.7 Å². The standard InChI is InChI=1S/C15H27O5P/c1-3-19-14(17)15(20-4-2,11-21(18)12-16)10-13-8-6-5-7-9-13/h11,13,16H,3-10,12H2,1-2H3. The van der Waals surface area contributed by atoms with Crippen molar-refractivity contribution in [2.24, 2.45) is 5.92 Å². The Balaban J connectivity index is 2.99. The fourth-order valence-corrected chi connectivity index (χ4v) is 3.78. The largest absolute Gasteiger partial charge is 0.629 e. The van der Waals surface area contributed by atoms with Crippen molar-refractivity contribution in [3.05, 3.63) is 0 Å². The average Bonchev–Trinajstić information content (AvgIpc) is 2.48. The van der Waals surface area contributed by atoms with Crippen molar-refractivity contribution in [3.8, 4) is 0 Å². The van der Waals surface area contributed by atoms with Gasteiger partial charge in [-0.3, -0.25) is 0 Å². The number of aliphatic hydroxyl groups is 1. The molecule has 0 aliphatic heterocycles. The number of rotatable bonds is 8. The van der Waals surface area contributed by atoms with Gasteiger partial charge in [-0.15, -0.1) is 0 Å². The summed E-state index contributed by atoms with van der Waals surface area (Å²) >= 11 is 0. The molecule has 5 nitrogen and oxygen atoms in total. The lowest BCUT2D eigenvalue weighted by molar-refractivity contribution is -0.166. The van der Waals surface area contributed by atoms with Crippen molar-refractivity contribution < 1.29 is 24.3 Å². The van der Waals surface area contributed by atoms with E-state index in [2.05, 4.69) is 0 Å². The smallest absolute Gasteiger partial charge is 0.346 e. The van der Waals surface area contributed by atoms with Crippen molar-refractivity contribution in [3.63, 3.8) is 0 Å². The Hall–Kier alpha value is -0.480. The number of carbonyl (C=O) groups excluding carboxylic acids is 1. The zero-order valence-corrected chi connectivity index (χ0v) is 13.9. The average molecular weight is 318 g/mol. The molecule has 0 saturated heterocycles. The molecular weight excluding hydrogens is 291 g/mol. The highest BCUT2D eigenvalue weighted by Crippen LogP contribution is 2.34. The molecule has 6 heteroatoms. The number of ether oxygens (including phenoxy) is 2. The van der Waals surface area contributed by atoms with Crippen LogP contribution in [-0.4, -0.2) is 42.0 Å². The van der Waals surface area contributed by atoms with E-state index in [9.17, 15) is 9.69 Å². The Morgan fingerprint density at radius 3 is 2.52 bits per heavy atom. The predicted octanol–water partition coefficient (Wildman–Crippen LogP) is 1.80. The van der Waals surface area contributed by atoms with E-state index in [-0.39, 0.29) is 6.61 Å².